The van der Waals surface area contributed by atoms with Crippen LogP contribution in [0.15, 0.2) is 42.6 Å². The van der Waals surface area contributed by atoms with Crippen molar-refractivity contribution in [2.45, 2.75) is 0 Å². The fraction of sp³-hybridized carbons (Fsp3) is 0.250. The van der Waals surface area contributed by atoms with Crippen LogP contribution in [-0.4, -0.2) is 40.3 Å². The molecule has 3 aromatic rings. The molecule has 0 fully saturated rings. The van der Waals surface area contributed by atoms with E-state index in [1.165, 1.54) is 0 Å². The molecule has 0 aliphatic rings. The van der Waals surface area contributed by atoms with E-state index in [1.54, 1.807) is 14.2 Å². The Morgan fingerprint density at radius 2 is 1.72 bits per heavy atom. The number of benzene rings is 2. The van der Waals surface area contributed by atoms with Crippen molar-refractivity contribution in [3.8, 4) is 22.6 Å². The van der Waals surface area contributed by atoms with Crippen LogP contribution in [0.25, 0.3) is 21.9 Å². The van der Waals surface area contributed by atoms with Crippen LogP contribution >= 0.6 is 0 Å². The molecule has 2 aromatic carbocycles. The molecule has 3 rings (SSSR count). The Labute approximate surface area is 148 Å². The fourth-order valence-electron chi connectivity index (χ4n) is 2.95. The molecule has 0 bridgehead atoms. The van der Waals surface area contributed by atoms with Gasteiger partial charge in [0.1, 0.15) is 17.3 Å². The summed E-state index contributed by atoms with van der Waals surface area (Å²) >= 11 is 0. The Balaban J connectivity index is 2.28. The van der Waals surface area contributed by atoms with Gasteiger partial charge in [-0.25, -0.2) is 4.98 Å². The molecule has 130 valence electrons. The Kier molecular flexibility index (Phi) is 4.65. The van der Waals surface area contributed by atoms with Gasteiger partial charge in [0, 0.05) is 55.4 Å². The predicted octanol–water partition coefficient (Wildman–Crippen LogP) is 4.03. The van der Waals surface area contributed by atoms with Gasteiger partial charge in [-0.05, 0) is 23.8 Å². The first-order chi connectivity index (χ1) is 12.1. The molecule has 0 saturated heterocycles. The zero-order chi connectivity index (χ0) is 18.0. The lowest BCUT2D eigenvalue weighted by molar-refractivity contribution is 0.398. The maximum Gasteiger partial charge on any atom is 0.133 e. The number of fused-ring (bicyclic) bond motifs is 1. The van der Waals surface area contributed by atoms with Crippen molar-refractivity contribution in [3.63, 3.8) is 0 Å². The molecule has 0 amide bonds. The second-order valence-corrected chi connectivity index (χ2v) is 5.96. The van der Waals surface area contributed by atoms with Gasteiger partial charge in [-0.2, -0.15) is 0 Å². The first kappa shape index (κ1) is 16.9. The van der Waals surface area contributed by atoms with Gasteiger partial charge in [-0.1, -0.05) is 12.1 Å². The van der Waals surface area contributed by atoms with Crippen LogP contribution in [-0.2, 0) is 0 Å². The number of pyridine rings is 1. The number of hydrogen-bond donors (Lipinski definition) is 1. The van der Waals surface area contributed by atoms with Gasteiger partial charge in [0.2, 0.25) is 0 Å². The smallest absolute Gasteiger partial charge is 0.133 e. The summed E-state index contributed by atoms with van der Waals surface area (Å²) in [4.78, 5) is 6.66. The third-order valence-electron chi connectivity index (χ3n) is 4.31. The highest BCUT2D eigenvalue weighted by Gasteiger charge is 2.15. The van der Waals surface area contributed by atoms with Crippen molar-refractivity contribution in [2.24, 2.45) is 0 Å². The number of nitrogens with zero attached hydrogens (tertiary/aromatic N) is 2. The average Bonchev–Trinajstić information content (AvgIpc) is 2.66. The van der Waals surface area contributed by atoms with E-state index in [0.717, 1.165) is 44.9 Å². The van der Waals surface area contributed by atoms with E-state index in [9.17, 15) is 0 Å². The molecular weight excluding hydrogens is 314 g/mol. The van der Waals surface area contributed by atoms with Crippen LogP contribution in [0, 0.1) is 0 Å². The number of hydrogen-bond acceptors (Lipinski definition) is 5. The summed E-state index contributed by atoms with van der Waals surface area (Å²) in [6.07, 6.45) is 1.88. The molecule has 1 N–H and O–H groups in total. The molecule has 0 aliphatic heterocycles. The molecule has 5 heteroatoms. The van der Waals surface area contributed by atoms with Crippen LogP contribution in [0.5, 0.6) is 11.5 Å². The van der Waals surface area contributed by atoms with Gasteiger partial charge in [0.05, 0.1) is 14.2 Å². The predicted molar refractivity (Wildman–Crippen MR) is 104 cm³/mol. The molecule has 0 radical (unpaired) electrons. The van der Waals surface area contributed by atoms with Crippen LogP contribution in [0.4, 0.5) is 11.5 Å². The van der Waals surface area contributed by atoms with Crippen molar-refractivity contribution in [2.75, 3.05) is 45.6 Å². The van der Waals surface area contributed by atoms with E-state index >= 15 is 0 Å². The van der Waals surface area contributed by atoms with Gasteiger partial charge in [-0.15, -0.1) is 0 Å². The number of aromatic nitrogens is 1. The number of nitrogens with one attached hydrogen (secondary N) is 1. The number of anilines is 2. The first-order valence-corrected chi connectivity index (χ1v) is 8.09. The minimum absolute atomic E-state index is 0.739. The minimum Gasteiger partial charge on any atom is -0.497 e. The van der Waals surface area contributed by atoms with Crippen molar-refractivity contribution in [1.29, 1.82) is 0 Å². The highest BCUT2D eigenvalue weighted by Crippen LogP contribution is 2.40. The van der Waals surface area contributed by atoms with Gasteiger partial charge >= 0.3 is 0 Å². The highest BCUT2D eigenvalue weighted by molar-refractivity contribution is 6.06. The van der Waals surface area contributed by atoms with Crippen LogP contribution in [0.1, 0.15) is 0 Å². The summed E-state index contributed by atoms with van der Waals surface area (Å²) in [6, 6.07) is 12.3. The van der Waals surface area contributed by atoms with Crippen LogP contribution < -0.4 is 19.7 Å². The van der Waals surface area contributed by atoms with Gasteiger partial charge in [0.25, 0.3) is 0 Å². The standard InChI is InChI=1S/C20H23N3O2/c1-21-20-16-10-15(24-4)11-18(25-5)19(16)17(12-22-20)13-6-8-14(9-7-13)23(2)3/h6-12H,1-5H3,(H,21,22). The third kappa shape index (κ3) is 3.05. The monoisotopic (exact) mass is 337 g/mol. The highest BCUT2D eigenvalue weighted by atomic mass is 16.5. The van der Waals surface area contributed by atoms with E-state index in [0.29, 0.717) is 0 Å². The number of ether oxygens (including phenoxy) is 2. The zero-order valence-corrected chi connectivity index (χ0v) is 15.3. The van der Waals surface area contributed by atoms with E-state index in [2.05, 4.69) is 39.5 Å². The fourth-order valence-corrected chi connectivity index (χ4v) is 2.95. The van der Waals surface area contributed by atoms with Crippen LogP contribution in [0.2, 0.25) is 0 Å². The summed E-state index contributed by atoms with van der Waals surface area (Å²) in [6.45, 7) is 0. The second kappa shape index (κ2) is 6.89. The van der Waals surface area contributed by atoms with Crippen molar-refractivity contribution in [3.05, 3.63) is 42.6 Å². The van der Waals surface area contributed by atoms with Gasteiger partial charge < -0.3 is 19.7 Å². The van der Waals surface area contributed by atoms with E-state index < -0.39 is 0 Å². The summed E-state index contributed by atoms with van der Waals surface area (Å²) in [5.74, 6) is 2.29. The Morgan fingerprint density at radius 3 is 2.28 bits per heavy atom. The Morgan fingerprint density at radius 1 is 1.00 bits per heavy atom. The summed E-state index contributed by atoms with van der Waals surface area (Å²) < 4.78 is 11.1. The van der Waals surface area contributed by atoms with Crippen molar-refractivity contribution < 1.29 is 9.47 Å². The van der Waals surface area contributed by atoms with Crippen molar-refractivity contribution >= 4 is 22.3 Å². The number of rotatable bonds is 5. The van der Waals surface area contributed by atoms with E-state index in [4.69, 9.17) is 9.47 Å². The molecule has 1 aromatic heterocycles. The van der Waals surface area contributed by atoms with E-state index in [-0.39, 0.29) is 0 Å². The topological polar surface area (TPSA) is 46.6 Å². The van der Waals surface area contributed by atoms with E-state index in [1.807, 2.05) is 39.5 Å². The average molecular weight is 337 g/mol. The lowest BCUT2D eigenvalue weighted by Gasteiger charge is -2.16. The molecule has 1 heterocycles. The largest absolute Gasteiger partial charge is 0.497 e. The molecule has 0 unspecified atom stereocenters. The quantitative estimate of drug-likeness (QED) is 0.762. The molecular formula is C20H23N3O2. The number of methoxy groups -OCH3 is 2. The maximum atomic E-state index is 5.65. The first-order valence-electron chi connectivity index (χ1n) is 8.09. The molecule has 0 atom stereocenters. The van der Waals surface area contributed by atoms with Gasteiger partial charge in [-0.3, -0.25) is 0 Å². The van der Waals surface area contributed by atoms with Gasteiger partial charge in [0.15, 0.2) is 0 Å². The molecule has 0 saturated carbocycles. The lowest BCUT2D eigenvalue weighted by Crippen LogP contribution is -2.07. The zero-order valence-electron chi connectivity index (χ0n) is 15.3. The molecule has 25 heavy (non-hydrogen) atoms. The SMILES string of the molecule is CNc1ncc(-c2ccc(N(C)C)cc2)c2c(OC)cc(OC)cc12. The van der Waals surface area contributed by atoms with Crippen molar-refractivity contribution in [1.82, 2.24) is 4.98 Å². The Hall–Kier alpha value is -2.95. The maximum absolute atomic E-state index is 5.65. The minimum atomic E-state index is 0.739. The normalized spacial score (nSPS) is 10.6. The molecule has 5 nitrogen and oxygen atoms in total. The summed E-state index contributed by atoms with van der Waals surface area (Å²) in [7, 11) is 9.24. The molecule has 0 spiro atoms. The summed E-state index contributed by atoms with van der Waals surface area (Å²) in [5, 5.41) is 5.13. The lowest BCUT2D eigenvalue weighted by atomic mass is 9.99. The second-order valence-electron chi connectivity index (χ2n) is 5.96. The molecule has 0 aliphatic carbocycles. The Bertz CT molecular complexity index is 890. The van der Waals surface area contributed by atoms with Crippen LogP contribution in [0.3, 0.4) is 0 Å². The third-order valence-corrected chi connectivity index (χ3v) is 4.31. The summed E-state index contributed by atoms with van der Waals surface area (Å²) in [5.41, 5.74) is 3.27.